The molecule has 25 heavy (non-hydrogen) atoms. The Labute approximate surface area is 144 Å². The first-order chi connectivity index (χ1) is 12.0. The molecular formula is C20H15NO4. The van der Waals surface area contributed by atoms with Crippen molar-refractivity contribution in [2.75, 3.05) is 0 Å². The minimum Gasteiger partial charge on any atom is -0.422 e. The average molecular weight is 333 g/mol. The standard InChI is InChI=1S/C20H15NO4/c1-13(2)15-4-3-5-19-18(12-15)17(20(22)25-19)11-8-14-6-9-16(10-7-14)21(23)24/h3-7,9-10,12-13H,1-2H3. The fraction of sp³-hybridized carbons (Fsp3) is 0.150. The molecule has 0 unspecified atom stereocenters. The third-order valence-electron chi connectivity index (χ3n) is 3.87. The Bertz CT molecular complexity index is 1020. The number of hydrogen-bond donors (Lipinski definition) is 0. The van der Waals surface area contributed by atoms with E-state index < -0.39 is 10.5 Å². The number of nitro benzene ring substituents is 1. The van der Waals surface area contributed by atoms with Gasteiger partial charge in [-0.05, 0) is 35.7 Å². The fourth-order valence-electron chi connectivity index (χ4n) is 2.45. The maximum Gasteiger partial charge on any atom is 0.352 e. The van der Waals surface area contributed by atoms with Crippen LogP contribution in [-0.4, -0.2) is 4.92 Å². The molecule has 1 aliphatic carbocycles. The summed E-state index contributed by atoms with van der Waals surface area (Å²) < 4.78 is 5.29. The van der Waals surface area contributed by atoms with Gasteiger partial charge in [-0.1, -0.05) is 37.8 Å². The predicted molar refractivity (Wildman–Crippen MR) is 94.8 cm³/mol. The molecule has 0 atom stereocenters. The van der Waals surface area contributed by atoms with Crippen LogP contribution in [0.15, 0.2) is 57.7 Å². The lowest BCUT2D eigenvalue weighted by Crippen LogP contribution is -1.96. The number of hydrogen-bond acceptors (Lipinski definition) is 4. The van der Waals surface area contributed by atoms with Crippen molar-refractivity contribution >= 4 is 5.69 Å². The van der Waals surface area contributed by atoms with Crippen molar-refractivity contribution in [2.45, 2.75) is 19.8 Å². The third kappa shape index (κ3) is 3.43. The summed E-state index contributed by atoms with van der Waals surface area (Å²) in [5, 5.41) is 10.7. The van der Waals surface area contributed by atoms with Crippen LogP contribution in [-0.2, 0) is 0 Å². The van der Waals surface area contributed by atoms with Gasteiger partial charge in [0, 0.05) is 23.3 Å². The molecule has 5 heteroatoms. The van der Waals surface area contributed by atoms with Crippen LogP contribution in [0.4, 0.5) is 5.69 Å². The summed E-state index contributed by atoms with van der Waals surface area (Å²) in [6.07, 6.45) is 0. The number of furan rings is 1. The van der Waals surface area contributed by atoms with E-state index in [0.29, 0.717) is 28.4 Å². The summed E-state index contributed by atoms with van der Waals surface area (Å²) in [6, 6.07) is 13.4. The molecule has 5 nitrogen and oxygen atoms in total. The van der Waals surface area contributed by atoms with E-state index in [1.54, 1.807) is 18.2 Å². The van der Waals surface area contributed by atoms with Crippen LogP contribution in [0.1, 0.15) is 36.5 Å². The van der Waals surface area contributed by atoms with E-state index in [1.165, 1.54) is 12.1 Å². The van der Waals surface area contributed by atoms with Gasteiger partial charge in [-0.2, -0.15) is 0 Å². The largest absolute Gasteiger partial charge is 0.422 e. The molecule has 2 aliphatic rings. The molecule has 0 N–H and O–H groups in total. The Morgan fingerprint density at radius 3 is 2.44 bits per heavy atom. The van der Waals surface area contributed by atoms with Crippen LogP contribution in [0.5, 0.6) is 0 Å². The maximum absolute atomic E-state index is 12.1. The highest BCUT2D eigenvalue weighted by atomic mass is 16.6. The minimum atomic E-state index is -0.481. The summed E-state index contributed by atoms with van der Waals surface area (Å²) in [5.41, 5.74) is 2.15. The molecule has 0 saturated carbocycles. The van der Waals surface area contributed by atoms with Gasteiger partial charge in [-0.25, -0.2) is 4.79 Å². The Kier molecular flexibility index (Phi) is 4.36. The lowest BCUT2D eigenvalue weighted by Gasteiger charge is -2.01. The number of benzene rings is 1. The molecule has 0 radical (unpaired) electrons. The van der Waals surface area contributed by atoms with Gasteiger partial charge < -0.3 is 4.42 Å². The van der Waals surface area contributed by atoms with Crippen LogP contribution >= 0.6 is 0 Å². The molecule has 0 bridgehead atoms. The second kappa shape index (κ2) is 6.62. The first-order valence-corrected chi connectivity index (χ1v) is 7.79. The highest BCUT2D eigenvalue weighted by molar-refractivity contribution is 5.69. The Balaban J connectivity index is 2.05. The summed E-state index contributed by atoms with van der Waals surface area (Å²) in [5.74, 6) is 6.52. The smallest absolute Gasteiger partial charge is 0.352 e. The van der Waals surface area contributed by atoms with Gasteiger partial charge in [0.1, 0.15) is 11.3 Å². The first-order valence-electron chi connectivity index (χ1n) is 7.79. The molecule has 0 saturated heterocycles. The fourth-order valence-corrected chi connectivity index (χ4v) is 2.45. The van der Waals surface area contributed by atoms with Gasteiger partial charge in [0.15, 0.2) is 0 Å². The van der Waals surface area contributed by atoms with Crippen molar-refractivity contribution in [3.05, 3.63) is 85.8 Å². The first kappa shape index (κ1) is 16.5. The molecule has 3 rings (SSSR count). The number of rotatable bonds is 2. The summed E-state index contributed by atoms with van der Waals surface area (Å²) in [7, 11) is 0. The minimum absolute atomic E-state index is 0.00238. The van der Waals surface area contributed by atoms with Crippen LogP contribution in [0.3, 0.4) is 0 Å². The second-order valence-corrected chi connectivity index (χ2v) is 5.92. The van der Waals surface area contributed by atoms with E-state index in [-0.39, 0.29) is 5.69 Å². The monoisotopic (exact) mass is 333 g/mol. The van der Waals surface area contributed by atoms with Crippen molar-refractivity contribution in [1.82, 2.24) is 0 Å². The number of non-ortho nitro benzene ring substituents is 1. The van der Waals surface area contributed by atoms with Crippen molar-refractivity contribution in [1.29, 1.82) is 0 Å². The van der Waals surface area contributed by atoms with Gasteiger partial charge in [0.05, 0.1) is 4.92 Å². The van der Waals surface area contributed by atoms with Crippen molar-refractivity contribution in [3.63, 3.8) is 0 Å². The molecule has 0 fully saturated rings. The normalized spacial score (nSPS) is 10.5. The Hall–Kier alpha value is -3.39. The molecule has 1 aromatic carbocycles. The SMILES string of the molecule is CC(C)c1cccc2oc(=O)c(C#Cc3ccc([N+](=O)[O-])cc3)c-2c1. The molecule has 0 aromatic heterocycles. The molecule has 1 aromatic rings. The molecule has 0 amide bonds. The van der Waals surface area contributed by atoms with Crippen LogP contribution in [0, 0.1) is 22.0 Å². The molecule has 0 spiro atoms. The summed E-state index contributed by atoms with van der Waals surface area (Å²) >= 11 is 0. The molecular weight excluding hydrogens is 318 g/mol. The van der Waals surface area contributed by atoms with E-state index in [1.807, 2.05) is 18.2 Å². The molecule has 1 heterocycles. The van der Waals surface area contributed by atoms with Crippen LogP contribution in [0.25, 0.3) is 11.3 Å². The van der Waals surface area contributed by atoms with Crippen molar-refractivity contribution in [3.8, 4) is 23.2 Å². The van der Waals surface area contributed by atoms with Gasteiger partial charge in [0.2, 0.25) is 0 Å². The third-order valence-corrected chi connectivity index (χ3v) is 3.87. The number of fused-ring (bicyclic) bond motifs is 1. The highest BCUT2D eigenvalue weighted by Gasteiger charge is 2.16. The van der Waals surface area contributed by atoms with E-state index >= 15 is 0 Å². The highest BCUT2D eigenvalue weighted by Crippen LogP contribution is 2.26. The maximum atomic E-state index is 12.1. The number of nitro groups is 1. The summed E-state index contributed by atoms with van der Waals surface area (Å²) in [6.45, 7) is 4.14. The zero-order valence-corrected chi connectivity index (χ0v) is 13.8. The van der Waals surface area contributed by atoms with Crippen molar-refractivity contribution < 1.29 is 9.34 Å². The quantitative estimate of drug-likeness (QED) is 0.401. The van der Waals surface area contributed by atoms with Crippen LogP contribution < -0.4 is 5.63 Å². The van der Waals surface area contributed by atoms with Gasteiger partial charge >= 0.3 is 5.63 Å². The Morgan fingerprint density at radius 1 is 1.08 bits per heavy atom. The second-order valence-electron chi connectivity index (χ2n) is 5.92. The Morgan fingerprint density at radius 2 is 1.80 bits per heavy atom. The van der Waals surface area contributed by atoms with E-state index in [9.17, 15) is 14.9 Å². The lowest BCUT2D eigenvalue weighted by molar-refractivity contribution is -0.384. The van der Waals surface area contributed by atoms with Crippen molar-refractivity contribution in [2.24, 2.45) is 0 Å². The molecule has 1 aliphatic heterocycles. The zero-order valence-electron chi connectivity index (χ0n) is 13.8. The number of nitrogens with zero attached hydrogens (tertiary/aromatic N) is 1. The van der Waals surface area contributed by atoms with Gasteiger partial charge in [0.25, 0.3) is 5.69 Å². The van der Waals surface area contributed by atoms with E-state index in [4.69, 9.17) is 4.42 Å². The predicted octanol–water partition coefficient (Wildman–Crippen LogP) is 4.18. The topological polar surface area (TPSA) is 73.3 Å². The summed E-state index contributed by atoms with van der Waals surface area (Å²) in [4.78, 5) is 22.3. The van der Waals surface area contributed by atoms with Gasteiger partial charge in [-0.15, -0.1) is 0 Å². The zero-order chi connectivity index (χ0) is 18.0. The lowest BCUT2D eigenvalue weighted by atomic mass is 10.0. The van der Waals surface area contributed by atoms with E-state index in [0.717, 1.165) is 5.56 Å². The average Bonchev–Trinajstić information content (AvgIpc) is 2.74. The van der Waals surface area contributed by atoms with E-state index in [2.05, 4.69) is 25.7 Å². The molecule has 124 valence electrons. The van der Waals surface area contributed by atoms with Crippen LogP contribution in [0.2, 0.25) is 0 Å². The van der Waals surface area contributed by atoms with Gasteiger partial charge in [-0.3, -0.25) is 10.1 Å².